The molecule has 0 fully saturated rings. The molecule has 0 bridgehead atoms. The van der Waals surface area contributed by atoms with Crippen LogP contribution in [0.4, 0.5) is 11.4 Å². The largest absolute Gasteiger partial charge is 0.354 e. The molecule has 160 valence electrons. The highest BCUT2D eigenvalue weighted by Crippen LogP contribution is 2.37. The average Bonchev–Trinajstić information content (AvgIpc) is 3.27. The van der Waals surface area contributed by atoms with Gasteiger partial charge in [-0.05, 0) is 55.8 Å². The molecular weight excluding hydrogens is 406 g/mol. The summed E-state index contributed by atoms with van der Waals surface area (Å²) in [5.74, 6) is 0.708. The number of hydrogen-bond acceptors (Lipinski definition) is 4. The summed E-state index contributed by atoms with van der Waals surface area (Å²) in [6.45, 7) is 4.98. The molecule has 0 amide bonds. The third-order valence-corrected chi connectivity index (χ3v) is 5.83. The van der Waals surface area contributed by atoms with Gasteiger partial charge in [0.25, 0.3) is 0 Å². The highest BCUT2D eigenvalue weighted by atomic mass is 14.9. The van der Waals surface area contributed by atoms with Gasteiger partial charge in [0.1, 0.15) is 11.9 Å². The first-order valence-corrected chi connectivity index (χ1v) is 11.0. The SMILES string of the molecule is CCn1ccc2cc(-c3cnc(C)nc3-c3ccccc3Nc3ccccc3C#N)ccc21. The molecular formula is C28H23N5. The second kappa shape index (κ2) is 8.60. The molecule has 0 atom stereocenters. The number of para-hydroxylation sites is 2. The molecule has 0 saturated heterocycles. The lowest BCUT2D eigenvalue weighted by atomic mass is 9.98. The quantitative estimate of drug-likeness (QED) is 0.337. The summed E-state index contributed by atoms with van der Waals surface area (Å²) in [6.07, 6.45) is 4.02. The van der Waals surface area contributed by atoms with E-state index in [4.69, 9.17) is 4.98 Å². The van der Waals surface area contributed by atoms with Gasteiger partial charge in [0.05, 0.1) is 16.9 Å². The van der Waals surface area contributed by atoms with Crippen molar-refractivity contribution in [1.29, 1.82) is 5.26 Å². The number of rotatable bonds is 5. The molecule has 2 heterocycles. The maximum atomic E-state index is 9.51. The molecule has 0 aliphatic carbocycles. The zero-order valence-electron chi connectivity index (χ0n) is 18.6. The minimum atomic E-state index is 0.595. The van der Waals surface area contributed by atoms with Crippen molar-refractivity contribution in [2.24, 2.45) is 0 Å². The third-order valence-electron chi connectivity index (χ3n) is 5.83. The Morgan fingerprint density at radius 3 is 2.55 bits per heavy atom. The number of anilines is 2. The number of hydrogen-bond donors (Lipinski definition) is 1. The predicted octanol–water partition coefficient (Wildman–Crippen LogP) is 6.71. The van der Waals surface area contributed by atoms with Crippen molar-refractivity contribution in [3.63, 3.8) is 0 Å². The molecule has 5 nitrogen and oxygen atoms in total. The summed E-state index contributed by atoms with van der Waals surface area (Å²) in [4.78, 5) is 9.35. The normalized spacial score (nSPS) is 10.8. The number of fused-ring (bicyclic) bond motifs is 1. The first kappa shape index (κ1) is 20.5. The van der Waals surface area contributed by atoms with Crippen LogP contribution < -0.4 is 5.32 Å². The number of aryl methyl sites for hydroxylation is 2. The maximum Gasteiger partial charge on any atom is 0.125 e. The van der Waals surface area contributed by atoms with Gasteiger partial charge < -0.3 is 9.88 Å². The fraction of sp³-hybridized carbons (Fsp3) is 0.107. The van der Waals surface area contributed by atoms with Gasteiger partial charge in [-0.1, -0.05) is 36.4 Å². The van der Waals surface area contributed by atoms with E-state index in [1.165, 1.54) is 10.9 Å². The van der Waals surface area contributed by atoms with Crippen LogP contribution in [-0.2, 0) is 6.54 Å². The second-order valence-corrected chi connectivity index (χ2v) is 7.88. The lowest BCUT2D eigenvalue weighted by Crippen LogP contribution is -2.00. The van der Waals surface area contributed by atoms with Gasteiger partial charge in [0.2, 0.25) is 0 Å². The predicted molar refractivity (Wildman–Crippen MR) is 133 cm³/mol. The Kier molecular flexibility index (Phi) is 5.34. The zero-order chi connectivity index (χ0) is 22.8. The summed E-state index contributed by atoms with van der Waals surface area (Å²) < 4.78 is 2.23. The highest BCUT2D eigenvalue weighted by Gasteiger charge is 2.15. The Hall–Kier alpha value is -4.43. The van der Waals surface area contributed by atoms with E-state index >= 15 is 0 Å². The lowest BCUT2D eigenvalue weighted by Gasteiger charge is -2.16. The van der Waals surface area contributed by atoms with Crippen LogP contribution in [0, 0.1) is 18.3 Å². The van der Waals surface area contributed by atoms with Gasteiger partial charge in [-0.25, -0.2) is 9.97 Å². The monoisotopic (exact) mass is 429 g/mol. The van der Waals surface area contributed by atoms with Crippen LogP contribution >= 0.6 is 0 Å². The van der Waals surface area contributed by atoms with Crippen molar-refractivity contribution in [2.45, 2.75) is 20.4 Å². The molecule has 5 aromatic rings. The summed E-state index contributed by atoms with van der Waals surface area (Å²) in [7, 11) is 0. The van der Waals surface area contributed by atoms with E-state index in [0.29, 0.717) is 11.4 Å². The van der Waals surface area contributed by atoms with E-state index in [-0.39, 0.29) is 0 Å². The Bertz CT molecular complexity index is 1510. The Balaban J connectivity index is 1.65. The third kappa shape index (κ3) is 3.83. The lowest BCUT2D eigenvalue weighted by molar-refractivity contribution is 0.798. The van der Waals surface area contributed by atoms with E-state index in [1.54, 1.807) is 0 Å². The molecule has 0 aliphatic rings. The topological polar surface area (TPSA) is 66.5 Å². The van der Waals surface area contributed by atoms with Crippen molar-refractivity contribution < 1.29 is 0 Å². The van der Waals surface area contributed by atoms with Crippen LogP contribution in [0.2, 0.25) is 0 Å². The molecule has 1 N–H and O–H groups in total. The van der Waals surface area contributed by atoms with Gasteiger partial charge >= 0.3 is 0 Å². The van der Waals surface area contributed by atoms with Gasteiger partial charge in [0, 0.05) is 46.7 Å². The van der Waals surface area contributed by atoms with Gasteiger partial charge in [-0.15, -0.1) is 0 Å². The number of aromatic nitrogens is 3. The van der Waals surface area contributed by atoms with E-state index in [9.17, 15) is 5.26 Å². The Morgan fingerprint density at radius 2 is 1.73 bits per heavy atom. The van der Waals surface area contributed by atoms with Crippen LogP contribution in [0.25, 0.3) is 33.3 Å². The van der Waals surface area contributed by atoms with Gasteiger partial charge in [-0.3, -0.25) is 0 Å². The van der Waals surface area contributed by atoms with Gasteiger partial charge in [0.15, 0.2) is 0 Å². The van der Waals surface area contributed by atoms with Crippen molar-refractivity contribution in [2.75, 3.05) is 5.32 Å². The standard InChI is InChI=1S/C28H23N5/c1-3-33-15-14-21-16-20(12-13-27(21)33)24-18-30-19(2)31-28(24)23-9-5-7-11-26(23)32-25-10-6-4-8-22(25)17-29/h4-16,18,32H,3H2,1-2H3. The molecule has 33 heavy (non-hydrogen) atoms. The molecule has 0 radical (unpaired) electrons. The Morgan fingerprint density at radius 1 is 0.939 bits per heavy atom. The highest BCUT2D eigenvalue weighted by molar-refractivity contribution is 5.92. The molecule has 5 heteroatoms. The van der Waals surface area contributed by atoms with Crippen LogP contribution in [0.3, 0.4) is 0 Å². The number of nitrogens with one attached hydrogen (secondary N) is 1. The fourth-order valence-electron chi connectivity index (χ4n) is 4.16. The van der Waals surface area contributed by atoms with Crippen LogP contribution in [0.1, 0.15) is 18.3 Å². The van der Waals surface area contributed by atoms with Crippen LogP contribution in [0.15, 0.2) is 85.2 Å². The van der Waals surface area contributed by atoms with Crippen LogP contribution in [-0.4, -0.2) is 14.5 Å². The van der Waals surface area contributed by atoms with Gasteiger partial charge in [-0.2, -0.15) is 5.26 Å². The summed E-state index contributed by atoms with van der Waals surface area (Å²) in [5, 5.41) is 14.1. The summed E-state index contributed by atoms with van der Waals surface area (Å²) >= 11 is 0. The van der Waals surface area contributed by atoms with E-state index in [2.05, 4.69) is 64.4 Å². The molecule has 0 unspecified atom stereocenters. The average molecular weight is 430 g/mol. The van der Waals surface area contributed by atoms with E-state index < -0.39 is 0 Å². The molecule has 0 saturated carbocycles. The fourth-order valence-corrected chi connectivity index (χ4v) is 4.16. The van der Waals surface area contributed by atoms with Crippen molar-refractivity contribution in [3.05, 3.63) is 96.6 Å². The minimum absolute atomic E-state index is 0.595. The first-order valence-electron chi connectivity index (χ1n) is 11.0. The first-order chi connectivity index (χ1) is 16.2. The summed E-state index contributed by atoms with van der Waals surface area (Å²) in [5.41, 5.74) is 7.31. The van der Waals surface area contributed by atoms with Crippen LogP contribution in [0.5, 0.6) is 0 Å². The molecule has 2 aromatic heterocycles. The number of nitrogens with zero attached hydrogens (tertiary/aromatic N) is 4. The van der Waals surface area contributed by atoms with Crippen molar-refractivity contribution in [3.8, 4) is 28.5 Å². The molecule has 0 spiro atoms. The molecule has 5 rings (SSSR count). The van der Waals surface area contributed by atoms with Crippen molar-refractivity contribution >= 4 is 22.3 Å². The smallest absolute Gasteiger partial charge is 0.125 e. The van der Waals surface area contributed by atoms with E-state index in [0.717, 1.165) is 40.3 Å². The van der Waals surface area contributed by atoms with E-state index in [1.807, 2.05) is 55.6 Å². The maximum absolute atomic E-state index is 9.51. The minimum Gasteiger partial charge on any atom is -0.354 e. The zero-order valence-corrected chi connectivity index (χ0v) is 18.6. The summed E-state index contributed by atoms with van der Waals surface area (Å²) in [6, 6.07) is 26.4. The van der Waals surface area contributed by atoms with Crippen molar-refractivity contribution in [1.82, 2.24) is 14.5 Å². The Labute approximate surface area is 193 Å². The number of nitriles is 1. The second-order valence-electron chi connectivity index (χ2n) is 7.88. The molecule has 3 aromatic carbocycles. The number of benzene rings is 3. The molecule has 0 aliphatic heterocycles.